The smallest absolute Gasteiger partial charge is 0.330 e. The first-order chi connectivity index (χ1) is 10.2. The Hall–Kier alpha value is -2.62. The van der Waals surface area contributed by atoms with Crippen molar-refractivity contribution in [1.29, 1.82) is 0 Å². The molecular weight excluding hydrogens is 264 g/mol. The molecule has 2 aromatic carbocycles. The molecule has 4 nitrogen and oxygen atoms in total. The van der Waals surface area contributed by atoms with E-state index in [1.807, 2.05) is 54.6 Å². The van der Waals surface area contributed by atoms with E-state index in [0.717, 1.165) is 22.2 Å². The minimum Gasteiger partial charge on any atom is -0.467 e. The number of carbonyl (C=O) groups is 1. The molecular formula is C17H16N2O2. The Kier molecular flexibility index (Phi) is 3.44. The third kappa shape index (κ3) is 2.29. The van der Waals surface area contributed by atoms with Gasteiger partial charge in [0.1, 0.15) is 11.7 Å². The Morgan fingerprint density at radius 2 is 1.76 bits per heavy atom. The van der Waals surface area contributed by atoms with E-state index in [2.05, 4.69) is 5.10 Å². The fourth-order valence-corrected chi connectivity index (χ4v) is 2.46. The van der Waals surface area contributed by atoms with Crippen LogP contribution in [0.15, 0.2) is 54.6 Å². The highest BCUT2D eigenvalue weighted by Gasteiger charge is 2.21. The van der Waals surface area contributed by atoms with E-state index in [1.165, 1.54) is 7.11 Å². The predicted molar refractivity (Wildman–Crippen MR) is 81.9 cm³/mol. The number of hydrogen-bond donors (Lipinski definition) is 0. The average Bonchev–Trinajstić information content (AvgIpc) is 2.94. The quantitative estimate of drug-likeness (QED) is 0.690. The van der Waals surface area contributed by atoms with Crippen molar-refractivity contribution in [2.75, 3.05) is 7.11 Å². The average molecular weight is 280 g/mol. The molecule has 3 aromatic rings. The molecule has 1 aromatic heterocycles. The first-order valence-electron chi connectivity index (χ1n) is 6.83. The van der Waals surface area contributed by atoms with Crippen molar-refractivity contribution >= 4 is 16.9 Å². The zero-order valence-corrected chi connectivity index (χ0v) is 12.0. The SMILES string of the molecule is COC(=O)[C@H](C)n1nc(-c2ccccc2)c2ccccc21. The minimum absolute atomic E-state index is 0.303. The van der Waals surface area contributed by atoms with Crippen molar-refractivity contribution in [3.8, 4) is 11.3 Å². The van der Waals surface area contributed by atoms with Crippen molar-refractivity contribution in [1.82, 2.24) is 9.78 Å². The van der Waals surface area contributed by atoms with Gasteiger partial charge in [-0.15, -0.1) is 0 Å². The molecule has 0 aliphatic carbocycles. The van der Waals surface area contributed by atoms with Gasteiger partial charge in [-0.3, -0.25) is 4.68 Å². The summed E-state index contributed by atoms with van der Waals surface area (Å²) >= 11 is 0. The number of para-hydroxylation sites is 1. The zero-order valence-electron chi connectivity index (χ0n) is 12.0. The molecule has 0 amide bonds. The molecule has 1 heterocycles. The van der Waals surface area contributed by atoms with Crippen LogP contribution in [0.3, 0.4) is 0 Å². The number of benzene rings is 2. The number of esters is 1. The molecule has 21 heavy (non-hydrogen) atoms. The maximum absolute atomic E-state index is 11.8. The van der Waals surface area contributed by atoms with Crippen molar-refractivity contribution in [3.63, 3.8) is 0 Å². The Morgan fingerprint density at radius 3 is 2.48 bits per heavy atom. The topological polar surface area (TPSA) is 44.1 Å². The van der Waals surface area contributed by atoms with E-state index < -0.39 is 6.04 Å². The van der Waals surface area contributed by atoms with E-state index in [4.69, 9.17) is 4.74 Å². The molecule has 4 heteroatoms. The standard InChI is InChI=1S/C17H16N2O2/c1-12(17(20)21-2)19-15-11-7-6-10-14(15)16(18-19)13-8-4-3-5-9-13/h3-12H,1-2H3/t12-/m0/s1. The largest absolute Gasteiger partial charge is 0.467 e. The summed E-state index contributed by atoms with van der Waals surface area (Å²) in [5, 5.41) is 5.67. The van der Waals surface area contributed by atoms with Crippen LogP contribution in [0.2, 0.25) is 0 Å². The van der Waals surface area contributed by atoms with Crippen LogP contribution in [0.25, 0.3) is 22.2 Å². The molecule has 0 bridgehead atoms. The van der Waals surface area contributed by atoms with E-state index in [0.29, 0.717) is 0 Å². The molecule has 0 radical (unpaired) electrons. The van der Waals surface area contributed by atoms with Crippen LogP contribution in [0.1, 0.15) is 13.0 Å². The normalized spacial score (nSPS) is 12.3. The van der Waals surface area contributed by atoms with Gasteiger partial charge < -0.3 is 4.74 Å². The van der Waals surface area contributed by atoms with Gasteiger partial charge in [-0.1, -0.05) is 48.5 Å². The third-order valence-corrected chi connectivity index (χ3v) is 3.57. The summed E-state index contributed by atoms with van der Waals surface area (Å²) in [6, 6.07) is 17.4. The van der Waals surface area contributed by atoms with Gasteiger partial charge >= 0.3 is 5.97 Å². The molecule has 0 fully saturated rings. The second kappa shape index (κ2) is 5.40. The van der Waals surface area contributed by atoms with E-state index in [9.17, 15) is 4.79 Å². The van der Waals surface area contributed by atoms with Gasteiger partial charge in [0, 0.05) is 10.9 Å². The number of aromatic nitrogens is 2. The summed E-state index contributed by atoms with van der Waals surface area (Å²) in [7, 11) is 1.39. The van der Waals surface area contributed by atoms with Gasteiger partial charge in [0.15, 0.2) is 0 Å². The minimum atomic E-state index is -0.461. The summed E-state index contributed by atoms with van der Waals surface area (Å²) < 4.78 is 6.56. The maximum atomic E-state index is 11.8. The highest BCUT2D eigenvalue weighted by molar-refractivity contribution is 5.94. The van der Waals surface area contributed by atoms with Gasteiger partial charge in [0.05, 0.1) is 12.6 Å². The summed E-state index contributed by atoms with van der Waals surface area (Å²) in [6.45, 7) is 1.79. The van der Waals surface area contributed by atoms with Crippen LogP contribution in [-0.2, 0) is 9.53 Å². The number of carbonyl (C=O) groups excluding carboxylic acids is 1. The molecule has 3 rings (SSSR count). The van der Waals surface area contributed by atoms with Crippen LogP contribution >= 0.6 is 0 Å². The highest BCUT2D eigenvalue weighted by Crippen LogP contribution is 2.29. The van der Waals surface area contributed by atoms with Gasteiger partial charge in [-0.2, -0.15) is 5.10 Å². The van der Waals surface area contributed by atoms with Gasteiger partial charge in [0.2, 0.25) is 0 Å². The lowest BCUT2D eigenvalue weighted by atomic mass is 10.1. The molecule has 0 aliphatic heterocycles. The molecule has 0 saturated heterocycles. The van der Waals surface area contributed by atoms with Gasteiger partial charge in [0.25, 0.3) is 0 Å². The molecule has 106 valence electrons. The second-order valence-corrected chi connectivity index (χ2v) is 4.88. The maximum Gasteiger partial charge on any atom is 0.330 e. The molecule has 0 saturated carbocycles. The Labute approximate surface area is 123 Å². The number of hydrogen-bond acceptors (Lipinski definition) is 3. The number of rotatable bonds is 3. The van der Waals surface area contributed by atoms with Crippen molar-refractivity contribution in [3.05, 3.63) is 54.6 Å². The van der Waals surface area contributed by atoms with Crippen LogP contribution in [0.4, 0.5) is 0 Å². The van der Waals surface area contributed by atoms with Crippen molar-refractivity contribution in [2.45, 2.75) is 13.0 Å². The molecule has 0 unspecified atom stereocenters. The fraction of sp³-hybridized carbons (Fsp3) is 0.176. The first-order valence-corrected chi connectivity index (χ1v) is 6.83. The first kappa shape index (κ1) is 13.4. The number of methoxy groups -OCH3 is 1. The molecule has 0 N–H and O–H groups in total. The fourth-order valence-electron chi connectivity index (χ4n) is 2.46. The van der Waals surface area contributed by atoms with Crippen LogP contribution in [0, 0.1) is 0 Å². The summed E-state index contributed by atoms with van der Waals surface area (Å²) in [4.78, 5) is 11.8. The highest BCUT2D eigenvalue weighted by atomic mass is 16.5. The summed E-state index contributed by atoms with van der Waals surface area (Å²) in [5.74, 6) is -0.303. The van der Waals surface area contributed by atoms with Crippen molar-refractivity contribution < 1.29 is 9.53 Å². The van der Waals surface area contributed by atoms with Gasteiger partial charge in [-0.25, -0.2) is 4.79 Å². The second-order valence-electron chi connectivity index (χ2n) is 4.88. The number of nitrogens with zero attached hydrogens (tertiary/aromatic N) is 2. The van der Waals surface area contributed by atoms with E-state index in [1.54, 1.807) is 11.6 Å². The third-order valence-electron chi connectivity index (χ3n) is 3.57. The lowest BCUT2D eigenvalue weighted by molar-refractivity contribution is -0.144. The van der Waals surface area contributed by atoms with Gasteiger partial charge in [-0.05, 0) is 13.0 Å². The number of fused-ring (bicyclic) bond motifs is 1. The van der Waals surface area contributed by atoms with Crippen molar-refractivity contribution in [2.24, 2.45) is 0 Å². The monoisotopic (exact) mass is 280 g/mol. The van der Waals surface area contributed by atoms with Crippen LogP contribution in [0.5, 0.6) is 0 Å². The lowest BCUT2D eigenvalue weighted by Crippen LogP contribution is -2.18. The summed E-state index contributed by atoms with van der Waals surface area (Å²) in [5.41, 5.74) is 2.83. The van der Waals surface area contributed by atoms with Crippen LogP contribution in [-0.4, -0.2) is 22.9 Å². The zero-order chi connectivity index (χ0) is 14.8. The van der Waals surface area contributed by atoms with E-state index >= 15 is 0 Å². The molecule has 0 aliphatic rings. The Balaban J connectivity index is 2.22. The Bertz CT molecular complexity index is 778. The van der Waals surface area contributed by atoms with Crippen LogP contribution < -0.4 is 0 Å². The summed E-state index contributed by atoms with van der Waals surface area (Å²) in [6.07, 6.45) is 0. The predicted octanol–water partition coefficient (Wildman–Crippen LogP) is 3.44. The lowest BCUT2D eigenvalue weighted by Gasteiger charge is -2.10. The Morgan fingerprint density at radius 1 is 1.10 bits per heavy atom. The molecule has 1 atom stereocenters. The van der Waals surface area contributed by atoms with E-state index in [-0.39, 0.29) is 5.97 Å². The number of ether oxygens (including phenoxy) is 1. The molecule has 0 spiro atoms.